The first kappa shape index (κ1) is 31.5. The lowest BCUT2D eigenvalue weighted by molar-refractivity contribution is -0.132. The Morgan fingerprint density at radius 3 is 2.44 bits per heavy atom. The van der Waals surface area contributed by atoms with Crippen LogP contribution in [-0.2, 0) is 19.1 Å². The minimum Gasteiger partial charge on any atom is -0.483 e. The number of benzene rings is 1. The monoisotopic (exact) mass is 596 g/mol. The summed E-state index contributed by atoms with van der Waals surface area (Å²) >= 11 is 0. The van der Waals surface area contributed by atoms with Crippen LogP contribution in [0.25, 0.3) is 10.9 Å². The van der Waals surface area contributed by atoms with Gasteiger partial charge >= 0.3 is 6.09 Å². The second-order valence-electron chi connectivity index (χ2n) is 10.9. The van der Waals surface area contributed by atoms with Crippen molar-refractivity contribution in [3.8, 4) is 5.75 Å². The van der Waals surface area contributed by atoms with E-state index in [-0.39, 0.29) is 48.7 Å². The summed E-state index contributed by atoms with van der Waals surface area (Å²) in [6.45, 7) is 7.63. The van der Waals surface area contributed by atoms with Crippen molar-refractivity contribution in [2.75, 3.05) is 59.0 Å². The summed E-state index contributed by atoms with van der Waals surface area (Å²) in [7, 11) is 0. The van der Waals surface area contributed by atoms with Gasteiger partial charge in [-0.2, -0.15) is 0 Å². The molecule has 1 atom stereocenters. The normalized spacial score (nSPS) is 16.6. The highest BCUT2D eigenvalue weighted by Crippen LogP contribution is 2.27. The van der Waals surface area contributed by atoms with Crippen LogP contribution in [0.1, 0.15) is 49.2 Å². The number of rotatable bonds is 10. The predicted octanol–water partition coefficient (Wildman–Crippen LogP) is 1.47. The molecule has 2 aliphatic rings. The molecule has 3 heterocycles. The van der Waals surface area contributed by atoms with Crippen LogP contribution in [0.4, 0.5) is 4.79 Å². The second-order valence-corrected chi connectivity index (χ2v) is 10.9. The zero-order valence-electron chi connectivity index (χ0n) is 25.0. The average Bonchev–Trinajstić information content (AvgIpc) is 3.46. The number of pyridine rings is 1. The molecule has 1 aromatic carbocycles. The first-order chi connectivity index (χ1) is 20.6. The Morgan fingerprint density at radius 1 is 0.977 bits per heavy atom. The van der Waals surface area contributed by atoms with Gasteiger partial charge < -0.3 is 34.8 Å². The number of unbranched alkanes of at least 4 members (excludes halogenated alkanes) is 1. The smallest absolute Gasteiger partial charge is 0.409 e. The molecule has 2 aliphatic heterocycles. The minimum atomic E-state index is -0.552. The van der Waals surface area contributed by atoms with Gasteiger partial charge in [0.2, 0.25) is 11.8 Å². The second kappa shape index (κ2) is 14.7. The summed E-state index contributed by atoms with van der Waals surface area (Å²) in [5.41, 5.74) is 1.51. The van der Waals surface area contributed by atoms with Gasteiger partial charge in [-0.3, -0.25) is 19.2 Å². The Morgan fingerprint density at radius 2 is 1.72 bits per heavy atom. The predicted molar refractivity (Wildman–Crippen MR) is 158 cm³/mol. The number of amides is 5. The molecular weight excluding hydrogens is 556 g/mol. The highest BCUT2D eigenvalue weighted by molar-refractivity contribution is 5.98. The van der Waals surface area contributed by atoms with Gasteiger partial charge in [0.25, 0.3) is 11.8 Å². The Hall–Kier alpha value is -4.42. The number of fused-ring (bicyclic) bond motifs is 1. The van der Waals surface area contributed by atoms with E-state index in [0.717, 1.165) is 18.4 Å². The van der Waals surface area contributed by atoms with E-state index >= 15 is 0 Å². The van der Waals surface area contributed by atoms with Crippen LogP contribution in [0.15, 0.2) is 24.3 Å². The third-order valence-corrected chi connectivity index (χ3v) is 7.47. The van der Waals surface area contributed by atoms with Gasteiger partial charge in [-0.05, 0) is 37.5 Å². The number of piperazine rings is 1. The molecule has 0 bridgehead atoms. The van der Waals surface area contributed by atoms with Crippen molar-refractivity contribution in [3.05, 3.63) is 35.5 Å². The van der Waals surface area contributed by atoms with E-state index in [1.165, 1.54) is 13.0 Å². The van der Waals surface area contributed by atoms with Crippen molar-refractivity contribution in [2.45, 2.75) is 46.1 Å². The van der Waals surface area contributed by atoms with Crippen molar-refractivity contribution in [1.29, 1.82) is 0 Å². The van der Waals surface area contributed by atoms with Crippen LogP contribution in [-0.4, -0.2) is 114 Å². The molecule has 0 unspecified atom stereocenters. The maximum atomic E-state index is 13.1. The van der Waals surface area contributed by atoms with Gasteiger partial charge in [0.1, 0.15) is 11.4 Å². The van der Waals surface area contributed by atoms with E-state index in [1.54, 1.807) is 14.7 Å². The number of nitrogens with zero attached hydrogens (tertiary/aromatic N) is 4. The number of carbonyl (C=O) groups excluding carboxylic acids is 5. The highest BCUT2D eigenvalue weighted by atomic mass is 16.6. The van der Waals surface area contributed by atoms with Crippen molar-refractivity contribution in [3.63, 3.8) is 0 Å². The molecule has 0 saturated carbocycles. The van der Waals surface area contributed by atoms with E-state index in [2.05, 4.69) is 15.6 Å². The number of ether oxygens (including phenoxy) is 2. The van der Waals surface area contributed by atoms with Crippen molar-refractivity contribution < 1.29 is 33.4 Å². The lowest BCUT2D eigenvalue weighted by atomic mass is 10.1. The molecule has 5 amide bonds. The number of carbonyl (C=O) groups is 5. The topological polar surface area (TPSA) is 150 Å². The fourth-order valence-electron chi connectivity index (χ4n) is 5.06. The zero-order chi connectivity index (χ0) is 30.9. The van der Waals surface area contributed by atoms with Gasteiger partial charge in [-0.25, -0.2) is 9.78 Å². The number of hydrogen-bond acceptors (Lipinski definition) is 8. The summed E-state index contributed by atoms with van der Waals surface area (Å²) in [6, 6.07) is 6.92. The molecule has 0 radical (unpaired) electrons. The average molecular weight is 597 g/mol. The molecule has 2 fully saturated rings. The van der Waals surface area contributed by atoms with E-state index < -0.39 is 5.91 Å². The number of likely N-dealkylation sites (tertiary alicyclic amines) is 1. The Balaban J connectivity index is 1.34. The van der Waals surface area contributed by atoms with E-state index in [1.807, 2.05) is 32.0 Å². The summed E-state index contributed by atoms with van der Waals surface area (Å²) in [5.74, 6) is -0.854. The van der Waals surface area contributed by atoms with Gasteiger partial charge in [-0.1, -0.05) is 19.4 Å². The number of aromatic nitrogens is 1. The maximum Gasteiger partial charge on any atom is 0.409 e. The molecule has 0 aliphatic carbocycles. The molecule has 13 heteroatoms. The van der Waals surface area contributed by atoms with Crippen molar-refractivity contribution in [2.24, 2.45) is 0 Å². The number of nitrogens with one attached hydrogen (secondary N) is 2. The molecular formula is C30H40N6O7. The lowest BCUT2D eigenvalue weighted by Gasteiger charge is -2.34. The van der Waals surface area contributed by atoms with Crippen LogP contribution in [0, 0.1) is 6.92 Å². The molecule has 13 nitrogen and oxygen atoms in total. The van der Waals surface area contributed by atoms with Crippen LogP contribution in [0.5, 0.6) is 5.75 Å². The minimum absolute atomic E-state index is 0.0555. The Labute approximate surface area is 250 Å². The Bertz CT molecular complexity index is 1360. The number of aryl methyl sites for hydroxylation is 1. The van der Waals surface area contributed by atoms with Crippen molar-refractivity contribution >= 4 is 40.6 Å². The zero-order valence-corrected chi connectivity index (χ0v) is 25.0. The maximum absolute atomic E-state index is 13.1. The number of hydrogen-bond donors (Lipinski definition) is 2. The van der Waals surface area contributed by atoms with Crippen LogP contribution >= 0.6 is 0 Å². The largest absolute Gasteiger partial charge is 0.483 e. The molecule has 43 heavy (non-hydrogen) atoms. The lowest BCUT2D eigenvalue weighted by Crippen LogP contribution is -2.52. The third-order valence-electron chi connectivity index (χ3n) is 7.47. The van der Waals surface area contributed by atoms with E-state index in [0.29, 0.717) is 68.9 Å². The van der Waals surface area contributed by atoms with Crippen LogP contribution in [0.2, 0.25) is 0 Å². The SMILES string of the molecule is CCCCOC(=O)N1CCN(C(=O)CNC(=O)c2cc(OCC(=O)N3CC[C@H](NC(C)=O)C3)c3ccc(C)cc3n2)CC1. The first-order valence-corrected chi connectivity index (χ1v) is 14.7. The van der Waals surface area contributed by atoms with Crippen LogP contribution < -0.4 is 15.4 Å². The van der Waals surface area contributed by atoms with Crippen LogP contribution in [0.3, 0.4) is 0 Å². The summed E-state index contributed by atoms with van der Waals surface area (Å²) in [5, 5.41) is 6.12. The third kappa shape index (κ3) is 8.55. The first-order valence-electron chi connectivity index (χ1n) is 14.7. The van der Waals surface area contributed by atoms with E-state index in [4.69, 9.17) is 9.47 Å². The van der Waals surface area contributed by atoms with Gasteiger partial charge in [0.15, 0.2) is 6.61 Å². The fourth-order valence-corrected chi connectivity index (χ4v) is 5.06. The fraction of sp³-hybridized carbons (Fsp3) is 0.533. The molecule has 2 aromatic rings. The highest BCUT2D eigenvalue weighted by Gasteiger charge is 2.28. The molecule has 4 rings (SSSR count). The summed E-state index contributed by atoms with van der Waals surface area (Å²) in [4.78, 5) is 71.5. The standard InChI is InChI=1S/C30H40N6O7/c1-4-5-14-42-30(41)35-12-10-34(11-13-35)27(38)17-31-29(40)25-16-26(23-7-6-20(2)15-24(23)33-25)43-19-28(39)36-9-8-22(18-36)32-21(3)37/h6-7,15-16,22H,4-5,8-14,17-19H2,1-3H3,(H,31,40)(H,32,37)/t22-/m0/s1. The summed E-state index contributed by atoms with van der Waals surface area (Å²) in [6.07, 6.45) is 2.04. The van der Waals surface area contributed by atoms with Crippen molar-refractivity contribution in [1.82, 2.24) is 30.3 Å². The molecule has 2 saturated heterocycles. The molecule has 2 N–H and O–H groups in total. The summed E-state index contributed by atoms with van der Waals surface area (Å²) < 4.78 is 11.1. The van der Waals surface area contributed by atoms with Gasteiger partial charge in [0.05, 0.1) is 18.7 Å². The van der Waals surface area contributed by atoms with Gasteiger partial charge in [-0.15, -0.1) is 0 Å². The molecule has 232 valence electrons. The van der Waals surface area contributed by atoms with Gasteiger partial charge in [0, 0.05) is 63.7 Å². The van der Waals surface area contributed by atoms with E-state index in [9.17, 15) is 24.0 Å². The quantitative estimate of drug-likeness (QED) is 0.392. The molecule has 1 aromatic heterocycles. The Kier molecular flexibility index (Phi) is 10.7. The molecule has 0 spiro atoms.